The predicted molar refractivity (Wildman–Crippen MR) is 85.7 cm³/mol. The largest absolute Gasteiger partial charge is 0.385 e. The second-order valence-electron chi connectivity index (χ2n) is 6.02. The van der Waals surface area contributed by atoms with Gasteiger partial charge in [0.1, 0.15) is 0 Å². The van der Waals surface area contributed by atoms with E-state index >= 15 is 0 Å². The molecule has 0 saturated carbocycles. The zero-order chi connectivity index (χ0) is 14.3. The molecule has 1 rings (SSSR count). The van der Waals surface area contributed by atoms with Crippen molar-refractivity contribution in [3.05, 3.63) is 34.3 Å². The molecule has 3 heteroatoms. The fourth-order valence-corrected chi connectivity index (χ4v) is 2.47. The van der Waals surface area contributed by atoms with Crippen LogP contribution in [0.3, 0.4) is 0 Å². The molecule has 0 aliphatic rings. The van der Waals surface area contributed by atoms with Crippen molar-refractivity contribution >= 4 is 15.9 Å². The lowest BCUT2D eigenvalue weighted by Crippen LogP contribution is -2.38. The molecule has 1 unspecified atom stereocenters. The number of hydrogen-bond donors (Lipinski definition) is 1. The van der Waals surface area contributed by atoms with Gasteiger partial charge >= 0.3 is 0 Å². The topological polar surface area (TPSA) is 21.3 Å². The van der Waals surface area contributed by atoms with Crippen LogP contribution in [0.1, 0.15) is 45.1 Å². The zero-order valence-electron chi connectivity index (χ0n) is 12.5. The summed E-state index contributed by atoms with van der Waals surface area (Å²) in [6.07, 6.45) is 2.24. The first-order valence-corrected chi connectivity index (χ1v) is 7.71. The average molecular weight is 328 g/mol. The van der Waals surface area contributed by atoms with Crippen LogP contribution in [0.15, 0.2) is 28.7 Å². The third-order valence-electron chi connectivity index (χ3n) is 3.10. The lowest BCUT2D eigenvalue weighted by molar-refractivity contribution is 0.189. The lowest BCUT2D eigenvalue weighted by Gasteiger charge is -2.26. The molecule has 19 heavy (non-hydrogen) atoms. The SMILES string of the molecule is COCCCC(CNC(C)(C)C)c1cccc(Br)c1. The zero-order valence-corrected chi connectivity index (χ0v) is 14.1. The quantitative estimate of drug-likeness (QED) is 0.752. The number of rotatable bonds is 7. The van der Waals surface area contributed by atoms with Gasteiger partial charge in [-0.05, 0) is 57.2 Å². The van der Waals surface area contributed by atoms with Crippen molar-refractivity contribution in [2.24, 2.45) is 0 Å². The fraction of sp³-hybridized carbons (Fsp3) is 0.625. The Hall–Kier alpha value is -0.380. The standard InChI is InChI=1S/C16H26BrNO/c1-16(2,3)18-12-14(8-6-10-19-4)13-7-5-9-15(17)11-13/h5,7,9,11,14,18H,6,8,10,12H2,1-4H3. The molecular formula is C16H26BrNO. The Morgan fingerprint density at radius 1 is 1.32 bits per heavy atom. The molecular weight excluding hydrogens is 302 g/mol. The predicted octanol–water partition coefficient (Wildman–Crippen LogP) is 4.35. The minimum absolute atomic E-state index is 0.158. The monoisotopic (exact) mass is 327 g/mol. The van der Waals surface area contributed by atoms with Gasteiger partial charge < -0.3 is 10.1 Å². The van der Waals surface area contributed by atoms with Crippen molar-refractivity contribution in [1.82, 2.24) is 5.32 Å². The molecule has 0 bridgehead atoms. The van der Waals surface area contributed by atoms with E-state index in [1.807, 2.05) is 0 Å². The first kappa shape index (κ1) is 16.7. The van der Waals surface area contributed by atoms with Gasteiger partial charge in [0.15, 0.2) is 0 Å². The molecule has 0 fully saturated rings. The van der Waals surface area contributed by atoms with E-state index in [-0.39, 0.29) is 5.54 Å². The molecule has 108 valence electrons. The van der Waals surface area contributed by atoms with Crippen LogP contribution in [-0.4, -0.2) is 25.8 Å². The number of hydrogen-bond acceptors (Lipinski definition) is 2. The molecule has 2 nitrogen and oxygen atoms in total. The Kier molecular flexibility index (Phi) is 7.05. The van der Waals surface area contributed by atoms with Gasteiger partial charge in [0.2, 0.25) is 0 Å². The maximum absolute atomic E-state index is 5.17. The third-order valence-corrected chi connectivity index (χ3v) is 3.59. The number of benzene rings is 1. The maximum atomic E-state index is 5.17. The molecule has 1 aromatic carbocycles. The Bertz CT molecular complexity index is 373. The maximum Gasteiger partial charge on any atom is 0.0462 e. The Labute approximate surface area is 126 Å². The summed E-state index contributed by atoms with van der Waals surface area (Å²) in [6, 6.07) is 8.63. The second-order valence-corrected chi connectivity index (χ2v) is 6.93. The van der Waals surface area contributed by atoms with Gasteiger partial charge in [-0.25, -0.2) is 0 Å². The van der Waals surface area contributed by atoms with Crippen LogP contribution in [-0.2, 0) is 4.74 Å². The van der Waals surface area contributed by atoms with Crippen LogP contribution in [0, 0.1) is 0 Å². The van der Waals surface area contributed by atoms with Crippen LogP contribution in [0.25, 0.3) is 0 Å². The summed E-state index contributed by atoms with van der Waals surface area (Å²) < 4.78 is 6.32. The summed E-state index contributed by atoms with van der Waals surface area (Å²) in [5, 5.41) is 3.61. The molecule has 1 atom stereocenters. The van der Waals surface area contributed by atoms with E-state index in [1.54, 1.807) is 7.11 Å². The lowest BCUT2D eigenvalue weighted by atomic mass is 9.93. The van der Waals surface area contributed by atoms with E-state index in [2.05, 4.69) is 66.3 Å². The van der Waals surface area contributed by atoms with Gasteiger partial charge in [-0.3, -0.25) is 0 Å². The van der Waals surface area contributed by atoms with E-state index in [0.717, 1.165) is 30.5 Å². The molecule has 0 heterocycles. The summed E-state index contributed by atoms with van der Waals surface area (Å²) in [7, 11) is 1.77. The first-order chi connectivity index (χ1) is 8.92. The second kappa shape index (κ2) is 8.03. The van der Waals surface area contributed by atoms with Crippen LogP contribution in [0.4, 0.5) is 0 Å². The average Bonchev–Trinajstić information content (AvgIpc) is 2.32. The number of halogens is 1. The van der Waals surface area contributed by atoms with Gasteiger partial charge in [-0.2, -0.15) is 0 Å². The number of ether oxygens (including phenoxy) is 1. The highest BCUT2D eigenvalue weighted by atomic mass is 79.9. The minimum atomic E-state index is 0.158. The molecule has 0 aliphatic carbocycles. The van der Waals surface area contributed by atoms with Crippen molar-refractivity contribution in [1.29, 1.82) is 0 Å². The van der Waals surface area contributed by atoms with Crippen LogP contribution in [0.2, 0.25) is 0 Å². The summed E-state index contributed by atoms with van der Waals surface area (Å²) in [5.74, 6) is 0.534. The fourth-order valence-electron chi connectivity index (χ4n) is 2.05. The molecule has 0 radical (unpaired) electrons. The van der Waals surface area contributed by atoms with E-state index in [1.165, 1.54) is 5.56 Å². The van der Waals surface area contributed by atoms with Crippen molar-refractivity contribution in [3.8, 4) is 0 Å². The highest BCUT2D eigenvalue weighted by Gasteiger charge is 2.16. The Balaban J connectivity index is 2.68. The van der Waals surface area contributed by atoms with E-state index in [4.69, 9.17) is 4.74 Å². The van der Waals surface area contributed by atoms with Crippen LogP contribution in [0.5, 0.6) is 0 Å². The first-order valence-electron chi connectivity index (χ1n) is 6.92. The van der Waals surface area contributed by atoms with Gasteiger partial charge in [0.25, 0.3) is 0 Å². The summed E-state index contributed by atoms with van der Waals surface area (Å²) in [6.45, 7) is 8.46. The smallest absolute Gasteiger partial charge is 0.0462 e. The van der Waals surface area contributed by atoms with Crippen molar-refractivity contribution in [2.75, 3.05) is 20.3 Å². The van der Waals surface area contributed by atoms with Crippen molar-refractivity contribution < 1.29 is 4.74 Å². The van der Waals surface area contributed by atoms with E-state index in [0.29, 0.717) is 5.92 Å². The minimum Gasteiger partial charge on any atom is -0.385 e. The van der Waals surface area contributed by atoms with E-state index < -0.39 is 0 Å². The van der Waals surface area contributed by atoms with Crippen molar-refractivity contribution in [3.63, 3.8) is 0 Å². The van der Waals surface area contributed by atoms with Crippen LogP contribution < -0.4 is 5.32 Å². The van der Waals surface area contributed by atoms with E-state index in [9.17, 15) is 0 Å². The molecule has 0 aliphatic heterocycles. The van der Waals surface area contributed by atoms with Gasteiger partial charge in [0, 0.05) is 30.3 Å². The molecule has 0 amide bonds. The summed E-state index contributed by atoms with van der Waals surface area (Å²) >= 11 is 3.56. The third kappa shape index (κ3) is 7.09. The highest BCUT2D eigenvalue weighted by molar-refractivity contribution is 9.10. The Morgan fingerprint density at radius 3 is 2.63 bits per heavy atom. The highest BCUT2D eigenvalue weighted by Crippen LogP contribution is 2.24. The Morgan fingerprint density at radius 2 is 2.05 bits per heavy atom. The van der Waals surface area contributed by atoms with Gasteiger partial charge in [0.05, 0.1) is 0 Å². The molecule has 0 spiro atoms. The van der Waals surface area contributed by atoms with Crippen molar-refractivity contribution in [2.45, 2.75) is 45.1 Å². The molecule has 1 N–H and O–H groups in total. The number of methoxy groups -OCH3 is 1. The normalized spacial score (nSPS) is 13.5. The number of nitrogens with one attached hydrogen (secondary N) is 1. The molecule has 0 aromatic heterocycles. The summed E-state index contributed by atoms with van der Waals surface area (Å²) in [5.41, 5.74) is 1.55. The summed E-state index contributed by atoms with van der Waals surface area (Å²) in [4.78, 5) is 0. The molecule has 1 aromatic rings. The van der Waals surface area contributed by atoms with Gasteiger partial charge in [-0.15, -0.1) is 0 Å². The van der Waals surface area contributed by atoms with Crippen LogP contribution >= 0.6 is 15.9 Å². The molecule has 0 saturated heterocycles. The van der Waals surface area contributed by atoms with Gasteiger partial charge in [-0.1, -0.05) is 28.1 Å².